The first-order valence-electron chi connectivity index (χ1n) is 7.48. The Morgan fingerprint density at radius 3 is 2.68 bits per heavy atom. The van der Waals surface area contributed by atoms with Crippen LogP contribution in [-0.4, -0.2) is 21.1 Å². The van der Waals surface area contributed by atoms with Gasteiger partial charge >= 0.3 is 12.1 Å². The molecule has 25 heavy (non-hydrogen) atoms. The summed E-state index contributed by atoms with van der Waals surface area (Å²) >= 11 is 0. The molecule has 2 aliphatic heterocycles. The zero-order chi connectivity index (χ0) is 17.6. The lowest BCUT2D eigenvalue weighted by Crippen LogP contribution is -2.21. The van der Waals surface area contributed by atoms with Gasteiger partial charge in [0.1, 0.15) is 0 Å². The fourth-order valence-corrected chi connectivity index (χ4v) is 2.86. The summed E-state index contributed by atoms with van der Waals surface area (Å²) in [4.78, 5) is 5.46. The maximum Gasteiger partial charge on any atom is 0.471 e. The zero-order valence-electron chi connectivity index (χ0n) is 12.9. The van der Waals surface area contributed by atoms with E-state index < -0.39 is 12.1 Å². The Hall–Kier alpha value is -3.09. The first-order valence-corrected chi connectivity index (χ1v) is 7.48. The predicted octanol–water partition coefficient (Wildman–Crippen LogP) is 4.42. The number of hydrogen-bond donors (Lipinski definition) is 0. The van der Waals surface area contributed by atoms with E-state index in [0.29, 0.717) is 5.56 Å². The topological polar surface area (TPSA) is 42.2 Å². The predicted molar refractivity (Wildman–Crippen MR) is 85.8 cm³/mol. The number of nitrogens with zero attached hydrogens (tertiary/aromatic N) is 3. The van der Waals surface area contributed by atoms with Crippen molar-refractivity contribution in [3.63, 3.8) is 0 Å². The van der Waals surface area contributed by atoms with E-state index in [1.54, 1.807) is 18.2 Å². The van der Waals surface area contributed by atoms with Crippen molar-refractivity contribution < 1.29 is 17.7 Å². The second kappa shape index (κ2) is 5.47. The second-order valence-corrected chi connectivity index (χ2v) is 5.69. The number of fused-ring (bicyclic) bond motifs is 1. The van der Waals surface area contributed by atoms with Gasteiger partial charge in [0.25, 0.3) is 0 Å². The van der Waals surface area contributed by atoms with Crippen molar-refractivity contribution in [3.05, 3.63) is 78.5 Å². The molecular formula is C18H12F3N3O. The summed E-state index contributed by atoms with van der Waals surface area (Å²) in [5.74, 6) is -1.46. The monoisotopic (exact) mass is 343 g/mol. The highest BCUT2D eigenvalue weighted by molar-refractivity contribution is 5.84. The Labute approximate surface area is 141 Å². The average molecular weight is 343 g/mol. The van der Waals surface area contributed by atoms with E-state index in [1.165, 1.54) is 0 Å². The summed E-state index contributed by atoms with van der Waals surface area (Å²) in [6.07, 6.45) is 5.16. The lowest BCUT2D eigenvalue weighted by molar-refractivity contribution is -0.159. The van der Waals surface area contributed by atoms with Crippen LogP contribution in [0, 0.1) is 0 Å². The standard InChI is InChI=1S/C18H12F3N3O/c1-11-14(10-24-8-3-2-7-15(11)24)12-5-4-6-13(9-12)16-22-17(25-23-16)18(19,20)21/h2-10,15H,1H2. The second-order valence-electron chi connectivity index (χ2n) is 5.69. The first-order chi connectivity index (χ1) is 11.9. The Bertz CT molecular complexity index is 937. The van der Waals surface area contributed by atoms with Crippen LogP contribution < -0.4 is 0 Å². The lowest BCUT2D eigenvalue weighted by Gasteiger charge is -2.21. The molecule has 0 saturated heterocycles. The summed E-state index contributed by atoms with van der Waals surface area (Å²) in [6.45, 7) is 4.14. The minimum Gasteiger partial charge on any atom is -0.343 e. The molecule has 0 amide bonds. The van der Waals surface area contributed by atoms with E-state index in [-0.39, 0.29) is 11.9 Å². The smallest absolute Gasteiger partial charge is 0.343 e. The van der Waals surface area contributed by atoms with Gasteiger partial charge in [0.05, 0.1) is 6.04 Å². The van der Waals surface area contributed by atoms with Gasteiger partial charge in [0, 0.05) is 23.5 Å². The van der Waals surface area contributed by atoms with E-state index >= 15 is 0 Å². The molecule has 0 bridgehead atoms. The molecule has 4 nitrogen and oxygen atoms in total. The highest BCUT2D eigenvalue weighted by Gasteiger charge is 2.38. The Morgan fingerprint density at radius 2 is 1.96 bits per heavy atom. The third-order valence-corrected chi connectivity index (χ3v) is 4.07. The van der Waals surface area contributed by atoms with E-state index in [0.717, 1.165) is 16.7 Å². The number of halogens is 3. The molecule has 1 unspecified atom stereocenters. The Kier molecular flexibility index (Phi) is 3.38. The van der Waals surface area contributed by atoms with Crippen LogP contribution in [0.4, 0.5) is 13.2 Å². The van der Waals surface area contributed by atoms with E-state index in [2.05, 4.69) is 21.2 Å². The molecule has 0 radical (unpaired) electrons. The number of benzene rings is 1. The van der Waals surface area contributed by atoms with Crippen molar-refractivity contribution in [2.75, 3.05) is 0 Å². The average Bonchev–Trinajstić information content (AvgIpc) is 3.21. The summed E-state index contributed by atoms with van der Waals surface area (Å²) in [6, 6.07) is 7.04. The van der Waals surface area contributed by atoms with Gasteiger partial charge in [-0.3, -0.25) is 0 Å². The molecule has 126 valence electrons. The number of allylic oxidation sites excluding steroid dienone is 2. The maximum absolute atomic E-state index is 12.6. The van der Waals surface area contributed by atoms with Crippen LogP contribution >= 0.6 is 0 Å². The molecule has 2 aromatic rings. The van der Waals surface area contributed by atoms with E-state index in [1.807, 2.05) is 41.6 Å². The molecule has 0 fully saturated rings. The van der Waals surface area contributed by atoms with Crippen molar-refractivity contribution in [1.29, 1.82) is 0 Å². The normalized spacial score (nSPS) is 19.3. The summed E-state index contributed by atoms with van der Waals surface area (Å²) in [5, 5.41) is 3.43. The molecular weight excluding hydrogens is 331 g/mol. The fourth-order valence-electron chi connectivity index (χ4n) is 2.86. The molecule has 0 aliphatic carbocycles. The number of hydrogen-bond acceptors (Lipinski definition) is 4. The molecule has 7 heteroatoms. The van der Waals surface area contributed by atoms with Crippen LogP contribution in [0.3, 0.4) is 0 Å². The molecule has 1 atom stereocenters. The van der Waals surface area contributed by atoms with Gasteiger partial charge in [-0.1, -0.05) is 42.1 Å². The van der Waals surface area contributed by atoms with Gasteiger partial charge < -0.3 is 9.42 Å². The lowest BCUT2D eigenvalue weighted by atomic mass is 9.96. The zero-order valence-corrected chi connectivity index (χ0v) is 12.9. The molecule has 3 heterocycles. The van der Waals surface area contributed by atoms with Crippen LogP contribution in [0.15, 0.2) is 71.6 Å². The van der Waals surface area contributed by atoms with Gasteiger partial charge in [-0.25, -0.2) is 0 Å². The van der Waals surface area contributed by atoms with Crippen molar-refractivity contribution in [3.8, 4) is 11.4 Å². The minimum atomic E-state index is -4.66. The Balaban J connectivity index is 1.69. The molecule has 1 aromatic heterocycles. The minimum absolute atomic E-state index is 0.0608. The van der Waals surface area contributed by atoms with Gasteiger partial charge in [0.15, 0.2) is 0 Å². The van der Waals surface area contributed by atoms with Crippen LogP contribution in [0.2, 0.25) is 0 Å². The SMILES string of the molecule is C=C1C(c2cccc(-c3noc(C(F)(F)F)n3)c2)=CN2C=CC=CC12. The van der Waals surface area contributed by atoms with Gasteiger partial charge in [-0.05, 0) is 23.3 Å². The number of alkyl halides is 3. The van der Waals surface area contributed by atoms with E-state index in [9.17, 15) is 13.2 Å². The quantitative estimate of drug-likeness (QED) is 0.809. The van der Waals surface area contributed by atoms with Crippen LogP contribution in [0.25, 0.3) is 17.0 Å². The largest absolute Gasteiger partial charge is 0.471 e. The number of rotatable bonds is 2. The molecule has 2 aliphatic rings. The summed E-state index contributed by atoms with van der Waals surface area (Å²) < 4.78 is 42.2. The van der Waals surface area contributed by atoms with Crippen LogP contribution in [0.5, 0.6) is 0 Å². The highest BCUT2D eigenvalue weighted by Crippen LogP contribution is 2.37. The van der Waals surface area contributed by atoms with Crippen molar-refractivity contribution >= 4 is 5.57 Å². The molecule has 4 rings (SSSR count). The fraction of sp³-hybridized carbons (Fsp3) is 0.111. The molecule has 0 spiro atoms. The summed E-state index contributed by atoms with van der Waals surface area (Å²) in [5.41, 5.74) is 3.11. The highest BCUT2D eigenvalue weighted by atomic mass is 19.4. The van der Waals surface area contributed by atoms with Gasteiger partial charge in [-0.15, -0.1) is 0 Å². The van der Waals surface area contributed by atoms with Gasteiger partial charge in [0.2, 0.25) is 5.82 Å². The van der Waals surface area contributed by atoms with Crippen molar-refractivity contribution in [2.45, 2.75) is 12.2 Å². The van der Waals surface area contributed by atoms with Crippen LogP contribution in [-0.2, 0) is 6.18 Å². The van der Waals surface area contributed by atoms with Crippen LogP contribution in [0.1, 0.15) is 11.5 Å². The van der Waals surface area contributed by atoms with Crippen molar-refractivity contribution in [1.82, 2.24) is 15.0 Å². The summed E-state index contributed by atoms with van der Waals surface area (Å²) in [7, 11) is 0. The van der Waals surface area contributed by atoms with E-state index in [4.69, 9.17) is 0 Å². The van der Waals surface area contributed by atoms with Gasteiger partial charge in [-0.2, -0.15) is 18.2 Å². The first kappa shape index (κ1) is 15.4. The molecule has 1 aromatic carbocycles. The third-order valence-electron chi connectivity index (χ3n) is 4.07. The third kappa shape index (κ3) is 2.67. The molecule has 0 N–H and O–H groups in total. The van der Waals surface area contributed by atoms with Crippen molar-refractivity contribution in [2.24, 2.45) is 0 Å². The molecule has 0 saturated carbocycles. The maximum atomic E-state index is 12.6. The Morgan fingerprint density at radius 1 is 1.16 bits per heavy atom. The number of aromatic nitrogens is 2.